The highest BCUT2D eigenvalue weighted by Crippen LogP contribution is 2.13. The Balaban J connectivity index is 3.04. The summed E-state index contributed by atoms with van der Waals surface area (Å²) in [6.45, 7) is 7.54. The summed E-state index contributed by atoms with van der Waals surface area (Å²) in [5.74, 6) is 0. The van der Waals surface area contributed by atoms with Gasteiger partial charge in [0.2, 0.25) is 0 Å². The summed E-state index contributed by atoms with van der Waals surface area (Å²) in [7, 11) is 0. The number of hydrogen-bond acceptors (Lipinski definition) is 0. The maximum Gasteiger partial charge on any atom is -0.0348 e. The van der Waals surface area contributed by atoms with Gasteiger partial charge in [0.05, 0.1) is 0 Å². The lowest BCUT2D eigenvalue weighted by Gasteiger charge is -2.02. The minimum absolute atomic E-state index is 1.20. The van der Waals surface area contributed by atoms with Crippen LogP contribution in [-0.4, -0.2) is 0 Å². The molecule has 0 bridgehead atoms. The van der Waals surface area contributed by atoms with Gasteiger partial charge in [-0.2, -0.15) is 0 Å². The Morgan fingerprint density at radius 1 is 0.545 bits per heavy atom. The van der Waals surface area contributed by atoms with Gasteiger partial charge >= 0.3 is 0 Å². The second-order valence-electron chi connectivity index (χ2n) is 6.39. The van der Waals surface area contributed by atoms with Crippen LogP contribution in [0.4, 0.5) is 0 Å². The highest BCUT2D eigenvalue weighted by atomic mass is 14.0. The fourth-order valence-electron chi connectivity index (χ4n) is 2.76. The molecular weight excluding hydrogens is 264 g/mol. The third kappa shape index (κ3) is 19.2. The van der Waals surface area contributed by atoms with Crippen LogP contribution in [0.15, 0.2) is 30.4 Å². The fraction of sp³-hybridized carbons (Fsp3) is 0.727. The van der Waals surface area contributed by atoms with E-state index in [1.165, 1.54) is 96.3 Å². The van der Waals surface area contributed by atoms with Crippen molar-refractivity contribution in [3.05, 3.63) is 37.0 Å². The molecule has 0 atom stereocenters. The fourth-order valence-corrected chi connectivity index (χ4v) is 2.76. The van der Waals surface area contributed by atoms with Gasteiger partial charge in [0.1, 0.15) is 0 Å². The van der Waals surface area contributed by atoms with Gasteiger partial charge in [0.25, 0.3) is 0 Å². The van der Waals surface area contributed by atoms with Crippen LogP contribution in [0.1, 0.15) is 103 Å². The van der Waals surface area contributed by atoms with Gasteiger partial charge in [0.15, 0.2) is 0 Å². The van der Waals surface area contributed by atoms with Crippen LogP contribution in [0, 0.1) is 6.58 Å². The topological polar surface area (TPSA) is 0 Å². The summed E-state index contributed by atoms with van der Waals surface area (Å²) in [5, 5.41) is 0. The summed E-state index contributed by atoms with van der Waals surface area (Å²) in [6, 6.07) is 0. The molecule has 0 N–H and O–H groups in total. The molecule has 0 saturated heterocycles. The van der Waals surface area contributed by atoms with Gasteiger partial charge in [-0.15, -0.1) is 0 Å². The van der Waals surface area contributed by atoms with Crippen molar-refractivity contribution in [2.24, 2.45) is 0 Å². The average molecular weight is 304 g/mol. The zero-order chi connectivity index (χ0) is 16.1. The largest absolute Gasteiger partial charge is 0.0845 e. The molecule has 0 heteroatoms. The Morgan fingerprint density at radius 2 is 1.00 bits per heavy atom. The van der Waals surface area contributed by atoms with Crippen molar-refractivity contribution in [2.45, 2.75) is 103 Å². The van der Waals surface area contributed by atoms with E-state index in [1.54, 1.807) is 6.08 Å². The van der Waals surface area contributed by atoms with E-state index in [-0.39, 0.29) is 0 Å². The van der Waals surface area contributed by atoms with Crippen molar-refractivity contribution in [1.29, 1.82) is 0 Å². The first kappa shape index (κ1) is 21.2. The molecule has 0 aromatic heterocycles. The van der Waals surface area contributed by atoms with Crippen LogP contribution in [0.25, 0.3) is 0 Å². The first-order valence-corrected chi connectivity index (χ1v) is 9.78. The van der Waals surface area contributed by atoms with Crippen LogP contribution in [0.3, 0.4) is 0 Å². The summed E-state index contributed by atoms with van der Waals surface area (Å²) in [4.78, 5) is 0. The SMILES string of the molecule is [CH]=C/C=C/C=C/CCCCCCCCCCCCCCCC. The molecule has 0 aliphatic carbocycles. The Kier molecular flexibility index (Phi) is 19.5. The summed E-state index contributed by atoms with van der Waals surface area (Å²) in [5.41, 5.74) is 0. The molecule has 22 heavy (non-hydrogen) atoms. The molecule has 0 aliphatic heterocycles. The minimum Gasteiger partial charge on any atom is -0.0845 e. The molecule has 0 fully saturated rings. The van der Waals surface area contributed by atoms with Crippen molar-refractivity contribution in [3.63, 3.8) is 0 Å². The predicted molar refractivity (Wildman–Crippen MR) is 102 cm³/mol. The highest BCUT2D eigenvalue weighted by Gasteiger charge is 1.93. The first-order valence-electron chi connectivity index (χ1n) is 9.78. The quantitative estimate of drug-likeness (QED) is 0.189. The monoisotopic (exact) mass is 303 g/mol. The van der Waals surface area contributed by atoms with E-state index in [0.717, 1.165) is 0 Å². The van der Waals surface area contributed by atoms with Gasteiger partial charge in [-0.1, -0.05) is 127 Å². The molecule has 0 saturated carbocycles. The maximum absolute atomic E-state index is 5.25. The Bertz CT molecular complexity index is 259. The number of rotatable bonds is 17. The second-order valence-corrected chi connectivity index (χ2v) is 6.39. The van der Waals surface area contributed by atoms with Crippen LogP contribution in [0.5, 0.6) is 0 Å². The van der Waals surface area contributed by atoms with E-state index < -0.39 is 0 Å². The minimum atomic E-state index is 1.20. The van der Waals surface area contributed by atoms with E-state index in [4.69, 9.17) is 6.58 Å². The lowest BCUT2D eigenvalue weighted by atomic mass is 10.0. The van der Waals surface area contributed by atoms with Crippen molar-refractivity contribution >= 4 is 0 Å². The van der Waals surface area contributed by atoms with E-state index >= 15 is 0 Å². The molecule has 0 amide bonds. The predicted octanol–water partition coefficient (Wildman–Crippen LogP) is 7.96. The number of unbranched alkanes of at least 4 members (excludes halogenated alkanes) is 14. The highest BCUT2D eigenvalue weighted by molar-refractivity contribution is 5.07. The standard InChI is InChI=1S/C22H39/c1-3-5-7-9-11-13-15-17-19-21-22-20-18-16-14-12-10-8-6-4-2/h1,3,5,7,9,11H,4,6,8,10,12-22H2,2H3/b3-1?,7-5+,11-9+. The smallest absolute Gasteiger partial charge is 0.0348 e. The van der Waals surface area contributed by atoms with E-state index in [0.29, 0.717) is 0 Å². The molecule has 0 aliphatic rings. The van der Waals surface area contributed by atoms with Crippen LogP contribution < -0.4 is 0 Å². The average Bonchev–Trinajstić information content (AvgIpc) is 2.54. The zero-order valence-electron chi connectivity index (χ0n) is 15.1. The van der Waals surface area contributed by atoms with E-state index in [2.05, 4.69) is 19.1 Å². The number of hydrogen-bond donors (Lipinski definition) is 0. The Hall–Kier alpha value is -0.780. The third-order valence-electron chi connectivity index (χ3n) is 4.19. The molecule has 0 aromatic carbocycles. The summed E-state index contributed by atoms with van der Waals surface area (Å²) in [6.07, 6.45) is 31.0. The first-order chi connectivity index (χ1) is 10.9. The van der Waals surface area contributed by atoms with Gasteiger partial charge in [0, 0.05) is 0 Å². The zero-order valence-corrected chi connectivity index (χ0v) is 15.1. The van der Waals surface area contributed by atoms with Crippen molar-refractivity contribution in [1.82, 2.24) is 0 Å². The van der Waals surface area contributed by atoms with Crippen LogP contribution >= 0.6 is 0 Å². The van der Waals surface area contributed by atoms with Crippen molar-refractivity contribution in [3.8, 4) is 0 Å². The number of allylic oxidation sites excluding steroid dienone is 5. The van der Waals surface area contributed by atoms with Gasteiger partial charge in [-0.3, -0.25) is 0 Å². The molecular formula is C22H39. The van der Waals surface area contributed by atoms with E-state index in [9.17, 15) is 0 Å². The van der Waals surface area contributed by atoms with Gasteiger partial charge < -0.3 is 0 Å². The molecule has 1 radical (unpaired) electrons. The lowest BCUT2D eigenvalue weighted by Crippen LogP contribution is -1.83. The summed E-state index contributed by atoms with van der Waals surface area (Å²) >= 11 is 0. The molecule has 127 valence electrons. The van der Waals surface area contributed by atoms with E-state index in [1.807, 2.05) is 12.2 Å². The normalized spacial score (nSPS) is 11.7. The maximum atomic E-state index is 5.25. The van der Waals surface area contributed by atoms with Crippen LogP contribution in [0.2, 0.25) is 0 Å². The lowest BCUT2D eigenvalue weighted by molar-refractivity contribution is 0.536. The molecule has 0 spiro atoms. The summed E-state index contributed by atoms with van der Waals surface area (Å²) < 4.78 is 0. The van der Waals surface area contributed by atoms with Gasteiger partial charge in [-0.25, -0.2) is 0 Å². The Morgan fingerprint density at radius 3 is 1.45 bits per heavy atom. The molecule has 0 unspecified atom stereocenters. The molecule has 0 aromatic rings. The van der Waals surface area contributed by atoms with Gasteiger partial charge in [-0.05, 0) is 12.8 Å². The van der Waals surface area contributed by atoms with Crippen molar-refractivity contribution < 1.29 is 0 Å². The third-order valence-corrected chi connectivity index (χ3v) is 4.19. The molecule has 0 heterocycles. The van der Waals surface area contributed by atoms with Crippen molar-refractivity contribution in [2.75, 3.05) is 0 Å². The Labute approximate surface area is 140 Å². The molecule has 0 rings (SSSR count). The second kappa shape index (κ2) is 20.2. The van der Waals surface area contributed by atoms with Crippen LogP contribution in [-0.2, 0) is 0 Å². The molecule has 0 nitrogen and oxygen atoms in total.